The van der Waals surface area contributed by atoms with Gasteiger partial charge in [0.15, 0.2) is 5.72 Å². The molecule has 1 unspecified atom stereocenters. The van der Waals surface area contributed by atoms with Crippen molar-refractivity contribution in [1.29, 1.82) is 0 Å². The summed E-state index contributed by atoms with van der Waals surface area (Å²) in [5, 5.41) is 8.21. The predicted octanol–water partition coefficient (Wildman–Crippen LogP) is 6.16. The van der Waals surface area contributed by atoms with Gasteiger partial charge in [0.1, 0.15) is 5.75 Å². The highest BCUT2D eigenvalue weighted by Crippen LogP contribution is 2.51. The number of hydrogen-bond acceptors (Lipinski definition) is 3. The Balaban J connectivity index is 1.63. The lowest BCUT2D eigenvalue weighted by molar-refractivity contribution is -0.140. The first-order valence-corrected chi connectivity index (χ1v) is 10.4. The van der Waals surface area contributed by atoms with Crippen LogP contribution >= 0.6 is 11.6 Å². The Labute approximate surface area is 166 Å². The van der Waals surface area contributed by atoms with Crippen LogP contribution in [0.1, 0.15) is 66.8 Å². The monoisotopic (exact) mass is 380 g/mol. The van der Waals surface area contributed by atoms with Gasteiger partial charge < -0.3 is 4.74 Å². The van der Waals surface area contributed by atoms with Crippen LogP contribution in [0.25, 0.3) is 0 Å². The van der Waals surface area contributed by atoms with E-state index >= 15 is 0 Å². The lowest BCUT2D eigenvalue weighted by Crippen LogP contribution is -2.54. The SMILES string of the molecule is Cc1ccc(C)c(C2=NN3C(C2)c2cc(Cl)ccc2OC32CCCCC2)c1. The third-order valence-electron chi connectivity index (χ3n) is 6.30. The van der Waals surface area contributed by atoms with Crippen LogP contribution in [0.4, 0.5) is 0 Å². The first-order valence-electron chi connectivity index (χ1n) is 9.99. The van der Waals surface area contributed by atoms with E-state index in [4.69, 9.17) is 21.4 Å². The molecule has 5 rings (SSSR count). The third kappa shape index (κ3) is 2.75. The van der Waals surface area contributed by atoms with Gasteiger partial charge in [0.25, 0.3) is 0 Å². The molecule has 0 aromatic heterocycles. The van der Waals surface area contributed by atoms with Crippen molar-refractivity contribution < 1.29 is 4.74 Å². The summed E-state index contributed by atoms with van der Waals surface area (Å²) in [7, 11) is 0. The number of fused-ring (bicyclic) bond motifs is 4. The molecule has 4 heteroatoms. The number of hydrogen-bond donors (Lipinski definition) is 0. The maximum Gasteiger partial charge on any atom is 0.198 e. The molecule has 1 atom stereocenters. The molecule has 1 fully saturated rings. The maximum absolute atomic E-state index is 6.63. The second-order valence-corrected chi connectivity index (χ2v) is 8.66. The van der Waals surface area contributed by atoms with Crippen molar-refractivity contribution in [2.24, 2.45) is 5.10 Å². The lowest BCUT2D eigenvalue weighted by atomic mass is 9.86. The minimum atomic E-state index is -0.302. The molecule has 27 heavy (non-hydrogen) atoms. The molecule has 2 aromatic rings. The van der Waals surface area contributed by atoms with Crippen molar-refractivity contribution in [3.05, 3.63) is 63.7 Å². The fraction of sp³-hybridized carbons (Fsp3) is 0.435. The van der Waals surface area contributed by atoms with E-state index in [2.05, 4.69) is 43.1 Å². The number of halogens is 1. The summed E-state index contributed by atoms with van der Waals surface area (Å²) in [4.78, 5) is 0. The predicted molar refractivity (Wildman–Crippen MR) is 110 cm³/mol. The Morgan fingerprint density at radius 2 is 1.89 bits per heavy atom. The van der Waals surface area contributed by atoms with Crippen molar-refractivity contribution in [3.8, 4) is 5.75 Å². The van der Waals surface area contributed by atoms with E-state index < -0.39 is 0 Å². The molecule has 2 heterocycles. The highest BCUT2D eigenvalue weighted by molar-refractivity contribution is 6.30. The highest BCUT2D eigenvalue weighted by atomic mass is 35.5. The Morgan fingerprint density at radius 3 is 2.70 bits per heavy atom. The second kappa shape index (κ2) is 6.27. The van der Waals surface area contributed by atoms with E-state index in [-0.39, 0.29) is 11.8 Å². The first-order chi connectivity index (χ1) is 13.1. The van der Waals surface area contributed by atoms with Crippen LogP contribution < -0.4 is 4.74 Å². The van der Waals surface area contributed by atoms with Gasteiger partial charge in [-0.2, -0.15) is 5.10 Å². The molecule has 0 radical (unpaired) electrons. The molecule has 3 nitrogen and oxygen atoms in total. The smallest absolute Gasteiger partial charge is 0.198 e. The fourth-order valence-corrected chi connectivity index (χ4v) is 5.08. The fourth-order valence-electron chi connectivity index (χ4n) is 4.90. The van der Waals surface area contributed by atoms with E-state index in [1.54, 1.807) is 0 Å². The van der Waals surface area contributed by atoms with Crippen molar-refractivity contribution in [1.82, 2.24) is 5.01 Å². The van der Waals surface area contributed by atoms with Gasteiger partial charge in [0.05, 0.1) is 11.8 Å². The number of aryl methyl sites for hydroxylation is 2. The molecule has 0 N–H and O–H groups in total. The number of benzene rings is 2. The summed E-state index contributed by atoms with van der Waals surface area (Å²) in [5.74, 6) is 0.986. The molecule has 0 amide bonds. The highest BCUT2D eigenvalue weighted by Gasteiger charge is 2.50. The summed E-state index contributed by atoms with van der Waals surface area (Å²) < 4.78 is 6.63. The van der Waals surface area contributed by atoms with Gasteiger partial charge in [-0.1, -0.05) is 35.7 Å². The van der Waals surface area contributed by atoms with Crippen LogP contribution in [0.5, 0.6) is 5.75 Å². The zero-order chi connectivity index (χ0) is 18.6. The molecule has 3 aliphatic rings. The minimum Gasteiger partial charge on any atom is -0.466 e. The van der Waals surface area contributed by atoms with Crippen LogP contribution in [0, 0.1) is 13.8 Å². The van der Waals surface area contributed by atoms with E-state index in [9.17, 15) is 0 Å². The number of ether oxygens (including phenoxy) is 1. The maximum atomic E-state index is 6.63. The summed E-state index contributed by atoms with van der Waals surface area (Å²) in [6.45, 7) is 4.32. The topological polar surface area (TPSA) is 24.8 Å². The van der Waals surface area contributed by atoms with Gasteiger partial charge in [-0.3, -0.25) is 0 Å². The Hall–Kier alpha value is -2.00. The molecule has 2 aliphatic heterocycles. The molecule has 1 saturated carbocycles. The van der Waals surface area contributed by atoms with Gasteiger partial charge in [0, 0.05) is 35.4 Å². The molecule has 1 aliphatic carbocycles. The molecule has 0 bridgehead atoms. The van der Waals surface area contributed by atoms with Gasteiger partial charge in [0.2, 0.25) is 0 Å². The summed E-state index contributed by atoms with van der Waals surface area (Å²) in [6, 6.07) is 12.9. The standard InChI is InChI=1S/C23H25ClN2O/c1-15-6-7-16(2)18(12-15)20-14-21-19-13-17(24)8-9-22(19)27-23(26(21)25-20)10-4-3-5-11-23/h6-9,12-13,21H,3-5,10-11,14H2,1-2H3. The van der Waals surface area contributed by atoms with Gasteiger partial charge in [-0.05, 0) is 56.5 Å². The van der Waals surface area contributed by atoms with Crippen molar-refractivity contribution in [3.63, 3.8) is 0 Å². The average molecular weight is 381 g/mol. The molecule has 2 aromatic carbocycles. The Kier molecular flexibility index (Phi) is 3.98. The lowest BCUT2D eigenvalue weighted by Gasteiger charge is -2.49. The van der Waals surface area contributed by atoms with Crippen molar-refractivity contribution >= 4 is 17.3 Å². The van der Waals surface area contributed by atoms with Gasteiger partial charge in [-0.25, -0.2) is 5.01 Å². The Morgan fingerprint density at radius 1 is 1.07 bits per heavy atom. The molecular formula is C23H25ClN2O. The molecular weight excluding hydrogens is 356 g/mol. The summed E-state index contributed by atoms with van der Waals surface area (Å²) in [5.41, 5.74) is 5.85. The second-order valence-electron chi connectivity index (χ2n) is 8.22. The quantitative estimate of drug-likeness (QED) is 0.591. The van der Waals surface area contributed by atoms with Crippen LogP contribution in [0.3, 0.4) is 0 Å². The van der Waals surface area contributed by atoms with Crippen LogP contribution in [0.2, 0.25) is 5.02 Å². The zero-order valence-corrected chi connectivity index (χ0v) is 16.7. The largest absolute Gasteiger partial charge is 0.466 e. The number of hydrazone groups is 1. The molecule has 140 valence electrons. The summed E-state index contributed by atoms with van der Waals surface area (Å²) in [6.07, 6.45) is 6.65. The van der Waals surface area contributed by atoms with Crippen LogP contribution in [-0.2, 0) is 0 Å². The van der Waals surface area contributed by atoms with Gasteiger partial charge >= 0.3 is 0 Å². The normalized spacial score (nSPS) is 22.9. The summed E-state index contributed by atoms with van der Waals surface area (Å²) >= 11 is 6.33. The van der Waals surface area contributed by atoms with E-state index in [0.29, 0.717) is 0 Å². The van der Waals surface area contributed by atoms with Crippen molar-refractivity contribution in [2.45, 2.75) is 64.1 Å². The molecule has 1 spiro atoms. The van der Waals surface area contributed by atoms with E-state index in [1.807, 2.05) is 12.1 Å². The minimum absolute atomic E-state index is 0.209. The van der Waals surface area contributed by atoms with E-state index in [1.165, 1.54) is 47.2 Å². The van der Waals surface area contributed by atoms with Gasteiger partial charge in [-0.15, -0.1) is 0 Å². The van der Waals surface area contributed by atoms with Crippen LogP contribution in [-0.4, -0.2) is 16.4 Å². The zero-order valence-electron chi connectivity index (χ0n) is 16.0. The van der Waals surface area contributed by atoms with Crippen molar-refractivity contribution in [2.75, 3.05) is 0 Å². The Bertz CT molecular complexity index is 930. The van der Waals surface area contributed by atoms with E-state index in [0.717, 1.165) is 30.0 Å². The average Bonchev–Trinajstić information content (AvgIpc) is 3.12. The molecule has 0 saturated heterocycles. The van der Waals surface area contributed by atoms with Crippen LogP contribution in [0.15, 0.2) is 41.5 Å². The number of nitrogens with zero attached hydrogens (tertiary/aromatic N) is 2. The first kappa shape index (κ1) is 17.1. The number of rotatable bonds is 1. The third-order valence-corrected chi connectivity index (χ3v) is 6.53.